The van der Waals surface area contributed by atoms with Crippen molar-refractivity contribution < 1.29 is 0 Å². The van der Waals surface area contributed by atoms with Gasteiger partial charge in [-0.1, -0.05) is 203 Å². The summed E-state index contributed by atoms with van der Waals surface area (Å²) in [6.45, 7) is 55.6. The summed E-state index contributed by atoms with van der Waals surface area (Å²) in [5, 5.41) is 0. The van der Waals surface area contributed by atoms with Crippen LogP contribution in [0.5, 0.6) is 0 Å². The third-order valence-electron chi connectivity index (χ3n) is 19.0. The summed E-state index contributed by atoms with van der Waals surface area (Å²) in [4.78, 5) is 0. The normalized spacial score (nSPS) is 28.6. The quantitative estimate of drug-likeness (QED) is 0.108. The van der Waals surface area contributed by atoms with Gasteiger partial charge in [-0.2, -0.15) is 0 Å². The third-order valence-corrected chi connectivity index (χ3v) is 19.0. The number of nitrogens with two attached hydrogens (primary N) is 12. The Morgan fingerprint density at radius 2 is 0.795 bits per heavy atom. The van der Waals surface area contributed by atoms with Gasteiger partial charge in [0.15, 0.2) is 0 Å². The SMILES string of the molecule is CC(C)(C)CN.CC(C)(C)N.CC(C)C(C)CN.CC(C)CC(C)N.CC1CCC(N)C(C)C1.CC1CCC(N)CC1.CC1CCCC(N)C1.CC1CCCC(N)C1C.CC1CCCCC1N.CCC(C)C(C)N.CCC(N)C(C)C.NC1CCCCC1. The maximum absolute atomic E-state index is 5.87. The lowest BCUT2D eigenvalue weighted by molar-refractivity contribution is 0.240. The lowest BCUT2D eigenvalue weighted by Crippen LogP contribution is -2.35. The van der Waals surface area contributed by atoms with Crippen molar-refractivity contribution in [1.82, 2.24) is 0 Å². The molecule has 15 unspecified atom stereocenters. The maximum Gasteiger partial charge on any atom is 0.00686 e. The summed E-state index contributed by atoms with van der Waals surface area (Å²) in [5.74, 6) is 9.38. The average Bonchev–Trinajstić information content (AvgIpc) is 3.49. The van der Waals surface area contributed by atoms with Gasteiger partial charge in [-0.05, 0) is 227 Å². The highest BCUT2D eigenvalue weighted by atomic mass is 14.7. The molecular weight excluding hydrogens is 1080 g/mol. The van der Waals surface area contributed by atoms with Gasteiger partial charge >= 0.3 is 0 Å². The number of hydrogen-bond acceptors (Lipinski definition) is 12. The van der Waals surface area contributed by atoms with Crippen LogP contribution in [0.1, 0.15) is 340 Å². The first-order valence-corrected chi connectivity index (χ1v) is 37.4. The summed E-state index contributed by atoms with van der Waals surface area (Å²) in [5.41, 5.74) is 67.6. The van der Waals surface area contributed by atoms with E-state index in [1.165, 1.54) is 154 Å². The third kappa shape index (κ3) is 74.6. The van der Waals surface area contributed by atoms with Crippen LogP contribution in [0.2, 0.25) is 0 Å². The Bertz CT molecular complexity index is 1300. The smallest absolute Gasteiger partial charge is 0.00686 e. The standard InChI is InChI=1S/2C8H17N.3C7H15N.C6H13N.4C6H15N.C5H13N.C4H11N/c1-6-3-4-8(9)7(2)5-6;1-6-4-3-5-8(9)7(6)2;1-6-2-4-7(8)5-3-6;1-6-3-2-4-7(8)5-6;1-6-4-2-3-5-7(6)8;7-6-4-2-1-3-5-6;1-5(2)6(3)4-7;1-5(2)4-6(3)7;1-4-5(2)6(3)7;1-4-6(7)5(2)3;1-5(2,3)4-6;1-4(2,3)5/h2*6-8H,3-5,9H2,1-2H3;3*6-7H,2-5,8H2,1H3;6H,1-5,7H2;4*5-6H,4,7H2,1-3H3;4,6H2,1-3H3;5H2,1-3H3. The van der Waals surface area contributed by atoms with Gasteiger partial charge in [0, 0.05) is 59.9 Å². The molecule has 12 heteroatoms. The van der Waals surface area contributed by atoms with Gasteiger partial charge in [0.1, 0.15) is 0 Å². The Kier molecular flexibility index (Phi) is 67.4. The molecule has 6 rings (SSSR count). The van der Waals surface area contributed by atoms with Crippen LogP contribution in [-0.4, -0.2) is 73.0 Å². The molecule has 0 aliphatic heterocycles. The van der Waals surface area contributed by atoms with E-state index in [9.17, 15) is 0 Å². The van der Waals surface area contributed by atoms with Crippen LogP contribution in [0.3, 0.4) is 0 Å². The molecule has 0 radical (unpaired) electrons. The Balaban J connectivity index is -0.000000209. The summed E-state index contributed by atoms with van der Waals surface area (Å²) < 4.78 is 0. The van der Waals surface area contributed by atoms with Crippen LogP contribution in [0, 0.1) is 76.4 Å². The molecule has 88 heavy (non-hydrogen) atoms. The minimum absolute atomic E-state index is 0. The van der Waals surface area contributed by atoms with E-state index < -0.39 is 0 Å². The monoisotopic (exact) mass is 1260 g/mol. The van der Waals surface area contributed by atoms with Gasteiger partial charge in [-0.15, -0.1) is 0 Å². The second kappa shape index (κ2) is 60.2. The molecule has 540 valence electrons. The predicted molar refractivity (Wildman–Crippen MR) is 403 cm³/mol. The molecule has 0 bridgehead atoms. The molecule has 0 amide bonds. The molecule has 0 aromatic carbocycles. The van der Waals surface area contributed by atoms with Crippen LogP contribution in [0.25, 0.3) is 0 Å². The molecule has 0 aromatic rings. The van der Waals surface area contributed by atoms with E-state index in [4.69, 9.17) is 68.8 Å². The van der Waals surface area contributed by atoms with Crippen molar-refractivity contribution >= 4 is 0 Å². The fourth-order valence-corrected chi connectivity index (χ4v) is 10.4. The molecule has 24 N–H and O–H groups in total. The van der Waals surface area contributed by atoms with Gasteiger partial charge in [0.2, 0.25) is 0 Å². The van der Waals surface area contributed by atoms with Gasteiger partial charge in [0.05, 0.1) is 0 Å². The average molecular weight is 1260 g/mol. The second-order valence-electron chi connectivity index (χ2n) is 33.1. The van der Waals surface area contributed by atoms with E-state index in [0.29, 0.717) is 77.5 Å². The van der Waals surface area contributed by atoms with E-state index in [-0.39, 0.29) is 5.54 Å². The molecule has 6 aliphatic carbocycles. The highest BCUT2D eigenvalue weighted by Crippen LogP contribution is 2.29. The summed E-state index contributed by atoms with van der Waals surface area (Å²) in [6.07, 6.45) is 33.8. The summed E-state index contributed by atoms with van der Waals surface area (Å²) >= 11 is 0. The van der Waals surface area contributed by atoms with E-state index in [0.717, 1.165) is 79.2 Å². The van der Waals surface area contributed by atoms with Crippen LogP contribution in [0.4, 0.5) is 0 Å². The van der Waals surface area contributed by atoms with Gasteiger partial charge in [0.25, 0.3) is 0 Å². The topological polar surface area (TPSA) is 312 Å². The van der Waals surface area contributed by atoms with Crippen molar-refractivity contribution in [3.05, 3.63) is 0 Å². The first kappa shape index (κ1) is 98.6. The van der Waals surface area contributed by atoms with Crippen LogP contribution in [0.15, 0.2) is 0 Å². The fourth-order valence-electron chi connectivity index (χ4n) is 10.4. The zero-order valence-electron chi connectivity index (χ0n) is 64.9. The second-order valence-corrected chi connectivity index (χ2v) is 33.1. The summed E-state index contributed by atoms with van der Waals surface area (Å²) in [6, 6.07) is 4.18. The van der Waals surface area contributed by atoms with Gasteiger partial charge in [-0.25, -0.2) is 0 Å². The van der Waals surface area contributed by atoms with Crippen LogP contribution in [-0.2, 0) is 0 Å². The van der Waals surface area contributed by atoms with Crippen LogP contribution >= 0.6 is 0 Å². The molecule has 6 fully saturated rings. The molecule has 15 atom stereocenters. The lowest BCUT2D eigenvalue weighted by atomic mass is 9.78. The minimum Gasteiger partial charge on any atom is -0.330 e. The van der Waals surface area contributed by atoms with E-state index in [2.05, 4.69) is 138 Å². The van der Waals surface area contributed by atoms with Crippen molar-refractivity contribution in [1.29, 1.82) is 0 Å². The predicted octanol–water partition coefficient (Wildman–Crippen LogP) is 16.5. The molecule has 0 spiro atoms. The first-order valence-electron chi connectivity index (χ1n) is 37.4. The Hall–Kier alpha value is -0.480. The van der Waals surface area contributed by atoms with Crippen LogP contribution < -0.4 is 68.8 Å². The largest absolute Gasteiger partial charge is 0.330 e. The highest BCUT2D eigenvalue weighted by Gasteiger charge is 2.24. The fraction of sp³-hybridized carbons (Fsp3) is 1.00. The highest BCUT2D eigenvalue weighted by molar-refractivity contribution is 4.80. The number of rotatable bonds is 8. The molecule has 0 aromatic heterocycles. The molecule has 0 saturated heterocycles. The van der Waals surface area contributed by atoms with Crippen molar-refractivity contribution in [3.63, 3.8) is 0 Å². The van der Waals surface area contributed by atoms with Crippen molar-refractivity contribution in [3.8, 4) is 0 Å². The van der Waals surface area contributed by atoms with Gasteiger partial charge < -0.3 is 68.8 Å². The number of hydrogen-bond donors (Lipinski definition) is 12. The van der Waals surface area contributed by atoms with E-state index >= 15 is 0 Å². The zero-order valence-corrected chi connectivity index (χ0v) is 64.9. The summed E-state index contributed by atoms with van der Waals surface area (Å²) in [7, 11) is 0. The first-order chi connectivity index (χ1) is 40.4. The molecule has 6 saturated carbocycles. The lowest BCUT2D eigenvalue weighted by Gasteiger charge is -2.31. The van der Waals surface area contributed by atoms with Gasteiger partial charge in [-0.3, -0.25) is 0 Å². The Labute approximate surface area is 555 Å². The molecular formula is C76H176N12. The van der Waals surface area contributed by atoms with Crippen molar-refractivity contribution in [2.24, 2.45) is 145 Å². The van der Waals surface area contributed by atoms with Crippen molar-refractivity contribution in [2.45, 2.75) is 400 Å². The molecule has 12 nitrogen and oxygen atoms in total. The molecule has 6 aliphatic rings. The molecule has 0 heterocycles. The van der Waals surface area contributed by atoms with Crippen molar-refractivity contribution in [2.75, 3.05) is 13.1 Å². The Morgan fingerprint density at radius 1 is 0.398 bits per heavy atom. The minimum atomic E-state index is 0. The maximum atomic E-state index is 5.87. The van der Waals surface area contributed by atoms with E-state index in [1.54, 1.807) is 0 Å². The Morgan fingerprint density at radius 3 is 1.01 bits per heavy atom. The zero-order chi connectivity index (χ0) is 69.9. The van der Waals surface area contributed by atoms with E-state index in [1.807, 2.05) is 34.6 Å².